The quantitative estimate of drug-likeness (QED) is 0.0881. The predicted octanol–water partition coefficient (Wildman–Crippen LogP) is 9.99. The molecule has 6 nitrogen and oxygen atoms in total. The molecule has 1 aromatic carbocycles. The first kappa shape index (κ1) is 36.1. The summed E-state index contributed by atoms with van der Waals surface area (Å²) < 4.78 is 6.50. The van der Waals surface area contributed by atoms with Gasteiger partial charge in [0.2, 0.25) is 0 Å². The SMILES string of the molecule is CCCCCCCC[PH](CCCCCCCC)(CCCCCCCC)OC(=O)c1ccc(C(=O)O)c(C(=O)O)c1. The number of carbonyl (C=O) groups is 3. The molecular weight excluding hydrogens is 523 g/mol. The van der Waals surface area contributed by atoms with E-state index < -0.39 is 25.4 Å². The molecule has 0 atom stereocenters. The van der Waals surface area contributed by atoms with E-state index in [4.69, 9.17) is 4.52 Å². The van der Waals surface area contributed by atoms with Crippen LogP contribution in [-0.2, 0) is 4.52 Å². The molecule has 40 heavy (non-hydrogen) atoms. The Morgan fingerprint density at radius 3 is 1.32 bits per heavy atom. The second-order valence-corrected chi connectivity index (χ2v) is 15.6. The Balaban J connectivity index is 3.12. The van der Waals surface area contributed by atoms with Crippen LogP contribution in [0.2, 0.25) is 0 Å². The molecule has 0 fully saturated rings. The molecule has 7 heteroatoms. The van der Waals surface area contributed by atoms with Crippen molar-refractivity contribution in [3.63, 3.8) is 0 Å². The molecule has 0 aliphatic rings. The number of carboxylic acids is 2. The van der Waals surface area contributed by atoms with Crippen LogP contribution in [0.15, 0.2) is 18.2 Å². The van der Waals surface area contributed by atoms with E-state index in [0.29, 0.717) is 0 Å². The number of hydrogen-bond donors (Lipinski definition) is 2. The number of carbonyl (C=O) groups excluding carboxylic acids is 1. The zero-order valence-electron chi connectivity index (χ0n) is 25.6. The molecule has 0 aromatic heterocycles. The van der Waals surface area contributed by atoms with Crippen molar-refractivity contribution in [3.8, 4) is 0 Å². The number of unbranched alkanes of at least 4 members (excludes halogenated alkanes) is 15. The maximum atomic E-state index is 13.5. The van der Waals surface area contributed by atoms with Crippen molar-refractivity contribution in [1.82, 2.24) is 0 Å². The number of carboxylic acid groups (broad SMARTS) is 2. The molecular formula is C33H57O6P. The van der Waals surface area contributed by atoms with Crippen LogP contribution in [-0.4, -0.2) is 46.6 Å². The van der Waals surface area contributed by atoms with Crippen LogP contribution < -0.4 is 0 Å². The minimum atomic E-state index is -2.44. The summed E-state index contributed by atoms with van der Waals surface area (Å²) in [7, 11) is -2.44. The van der Waals surface area contributed by atoms with Gasteiger partial charge in [0.05, 0.1) is 0 Å². The van der Waals surface area contributed by atoms with E-state index in [1.807, 2.05) is 0 Å². The van der Waals surface area contributed by atoms with Crippen LogP contribution in [0.3, 0.4) is 0 Å². The topological polar surface area (TPSA) is 101 Å². The minimum absolute atomic E-state index is 0.133. The van der Waals surface area contributed by atoms with E-state index in [2.05, 4.69) is 20.8 Å². The van der Waals surface area contributed by atoms with Crippen LogP contribution in [0.4, 0.5) is 0 Å². The van der Waals surface area contributed by atoms with Crippen LogP contribution in [0, 0.1) is 0 Å². The maximum absolute atomic E-state index is 13.5. The van der Waals surface area contributed by atoms with E-state index in [1.54, 1.807) is 0 Å². The van der Waals surface area contributed by atoms with E-state index in [1.165, 1.54) is 95.2 Å². The summed E-state index contributed by atoms with van der Waals surface area (Å²) in [6, 6.07) is 3.78. The summed E-state index contributed by atoms with van der Waals surface area (Å²) in [5.41, 5.74) is -0.566. The standard InChI is InChI=1S/C33H57O6P/c1-4-7-10-13-16-19-24-40(25-20-17-14-11-8-5-2,26-21-18-15-12-9-6-3)39-33(38)28-22-23-29(31(34)35)30(27-28)32(36)37/h22-23,27,40H,4-21,24-26H2,1-3H3,(H,34,35)(H,36,37). The van der Waals surface area contributed by atoms with Gasteiger partial charge in [-0.3, -0.25) is 0 Å². The van der Waals surface area contributed by atoms with Crippen LogP contribution >= 0.6 is 7.49 Å². The number of rotatable bonds is 25. The molecule has 1 rings (SSSR count). The molecule has 0 amide bonds. The Morgan fingerprint density at radius 2 is 0.950 bits per heavy atom. The van der Waals surface area contributed by atoms with Gasteiger partial charge in [-0.25, -0.2) is 0 Å². The molecule has 230 valence electrons. The van der Waals surface area contributed by atoms with Crippen molar-refractivity contribution in [2.75, 3.05) is 18.5 Å². The van der Waals surface area contributed by atoms with Crippen LogP contribution in [0.1, 0.15) is 167 Å². The van der Waals surface area contributed by atoms with Gasteiger partial charge in [0.15, 0.2) is 0 Å². The first-order valence-electron chi connectivity index (χ1n) is 16.1. The summed E-state index contributed by atoms with van der Waals surface area (Å²) in [4.78, 5) is 36.7. The summed E-state index contributed by atoms with van der Waals surface area (Å²) in [6.07, 6.45) is 24.2. The second kappa shape index (κ2) is 21.8. The Morgan fingerprint density at radius 1 is 0.575 bits per heavy atom. The molecule has 0 unspecified atom stereocenters. The average Bonchev–Trinajstić information content (AvgIpc) is 2.94. The first-order chi connectivity index (χ1) is 19.3. The molecule has 0 saturated carbocycles. The second-order valence-electron chi connectivity index (χ2n) is 11.5. The Kier molecular flexibility index (Phi) is 19.6. The summed E-state index contributed by atoms with van der Waals surface area (Å²) >= 11 is 0. The molecule has 0 bridgehead atoms. The van der Waals surface area contributed by atoms with Crippen molar-refractivity contribution in [2.45, 2.75) is 136 Å². The third-order valence-corrected chi connectivity index (χ3v) is 12.4. The normalized spacial score (nSPS) is 11.9. The van der Waals surface area contributed by atoms with Gasteiger partial charge in [0, 0.05) is 0 Å². The summed E-state index contributed by atoms with van der Waals surface area (Å²) in [6.45, 7) is 6.66. The molecule has 1 aromatic rings. The molecule has 0 radical (unpaired) electrons. The van der Waals surface area contributed by atoms with Gasteiger partial charge in [0.25, 0.3) is 0 Å². The van der Waals surface area contributed by atoms with E-state index in [-0.39, 0.29) is 16.7 Å². The molecule has 0 spiro atoms. The molecule has 0 heterocycles. The molecule has 0 aliphatic carbocycles. The predicted molar refractivity (Wildman–Crippen MR) is 169 cm³/mol. The summed E-state index contributed by atoms with van der Waals surface area (Å²) in [5.74, 6) is -3.17. The van der Waals surface area contributed by atoms with Gasteiger partial charge < -0.3 is 0 Å². The zero-order chi connectivity index (χ0) is 29.6. The van der Waals surface area contributed by atoms with E-state index in [9.17, 15) is 24.6 Å². The van der Waals surface area contributed by atoms with Gasteiger partial charge in [-0.15, -0.1) is 0 Å². The average molecular weight is 581 g/mol. The number of aromatic carboxylic acids is 2. The van der Waals surface area contributed by atoms with Crippen LogP contribution in [0.25, 0.3) is 0 Å². The number of hydrogen-bond acceptors (Lipinski definition) is 4. The van der Waals surface area contributed by atoms with Crippen molar-refractivity contribution in [2.24, 2.45) is 0 Å². The van der Waals surface area contributed by atoms with Gasteiger partial charge in [-0.05, 0) is 0 Å². The first-order valence-corrected chi connectivity index (χ1v) is 18.7. The van der Waals surface area contributed by atoms with Crippen LogP contribution in [0.5, 0.6) is 0 Å². The monoisotopic (exact) mass is 580 g/mol. The fourth-order valence-electron chi connectivity index (χ4n) is 5.50. The molecule has 2 N–H and O–H groups in total. The fourth-order valence-corrected chi connectivity index (χ4v) is 9.75. The summed E-state index contributed by atoms with van der Waals surface area (Å²) in [5, 5.41) is 18.9. The molecule has 0 aliphatic heterocycles. The van der Waals surface area contributed by atoms with Crippen molar-refractivity contribution in [3.05, 3.63) is 34.9 Å². The van der Waals surface area contributed by atoms with Crippen molar-refractivity contribution in [1.29, 1.82) is 0 Å². The Bertz CT molecular complexity index is 828. The molecule has 0 saturated heterocycles. The number of benzene rings is 1. The van der Waals surface area contributed by atoms with Gasteiger partial charge in [-0.2, -0.15) is 0 Å². The van der Waals surface area contributed by atoms with Gasteiger partial charge in [-0.1, -0.05) is 0 Å². The third kappa shape index (κ3) is 14.6. The van der Waals surface area contributed by atoms with Gasteiger partial charge in [0.1, 0.15) is 0 Å². The van der Waals surface area contributed by atoms with Crippen molar-refractivity contribution < 1.29 is 29.1 Å². The van der Waals surface area contributed by atoms with E-state index in [0.717, 1.165) is 57.0 Å². The Hall–Kier alpha value is -1.94. The van der Waals surface area contributed by atoms with Gasteiger partial charge >= 0.3 is 244 Å². The Labute approximate surface area is 244 Å². The van der Waals surface area contributed by atoms with Crippen molar-refractivity contribution >= 4 is 25.4 Å². The third-order valence-electron chi connectivity index (χ3n) is 7.98. The fraction of sp³-hybridized carbons (Fsp3) is 0.727. The van der Waals surface area contributed by atoms with E-state index >= 15 is 0 Å². The zero-order valence-corrected chi connectivity index (χ0v) is 26.6.